The molecule has 1 aliphatic heterocycles. The van der Waals surface area contributed by atoms with Gasteiger partial charge in [-0.15, -0.1) is 0 Å². The first-order valence-corrected chi connectivity index (χ1v) is 6.82. The largest absolute Gasteiger partial charge is 0.348 e. The molecule has 7 heteroatoms. The molecule has 20 heavy (non-hydrogen) atoms. The van der Waals surface area contributed by atoms with E-state index in [4.69, 9.17) is 5.73 Å². The van der Waals surface area contributed by atoms with Crippen LogP contribution in [-0.4, -0.2) is 31.5 Å². The van der Waals surface area contributed by atoms with E-state index in [0.29, 0.717) is 6.42 Å². The van der Waals surface area contributed by atoms with Crippen molar-refractivity contribution >= 4 is 11.7 Å². The minimum Gasteiger partial charge on any atom is -0.348 e. The zero-order valence-electron chi connectivity index (χ0n) is 11.2. The normalized spacial score (nSPS) is 15.7. The van der Waals surface area contributed by atoms with Crippen LogP contribution < -0.4 is 11.1 Å². The van der Waals surface area contributed by atoms with Gasteiger partial charge < -0.3 is 20.6 Å². The molecular formula is C13H18N6O. The van der Waals surface area contributed by atoms with E-state index in [-0.39, 0.29) is 5.91 Å². The Hall–Kier alpha value is -2.15. The molecule has 0 spiro atoms. The summed E-state index contributed by atoms with van der Waals surface area (Å²) in [5.74, 6) is 1.58. The second-order valence-electron chi connectivity index (χ2n) is 5.05. The predicted octanol–water partition coefficient (Wildman–Crippen LogP) is 0.451. The predicted molar refractivity (Wildman–Crippen MR) is 74.1 cm³/mol. The van der Waals surface area contributed by atoms with Crippen molar-refractivity contribution in [3.63, 3.8) is 0 Å². The molecule has 4 N–H and O–H groups in total. The number of rotatable bonds is 4. The smallest absolute Gasteiger partial charge is 0.242 e. The van der Waals surface area contributed by atoms with Crippen molar-refractivity contribution in [1.82, 2.24) is 19.5 Å². The molecule has 0 radical (unpaired) electrons. The fourth-order valence-corrected chi connectivity index (χ4v) is 2.46. The summed E-state index contributed by atoms with van der Waals surface area (Å²) in [6.07, 6.45) is 8.64. The highest BCUT2D eigenvalue weighted by molar-refractivity contribution is 5.94. The van der Waals surface area contributed by atoms with E-state index in [9.17, 15) is 4.79 Å². The molecule has 1 atom stereocenters. The second kappa shape index (κ2) is 5.46. The molecule has 2 aromatic heterocycles. The number of carbonyl (C=O) groups is 1. The van der Waals surface area contributed by atoms with Crippen LogP contribution in [0, 0.1) is 0 Å². The molecule has 0 saturated heterocycles. The number of aromatic amines is 1. The van der Waals surface area contributed by atoms with Crippen molar-refractivity contribution < 1.29 is 4.79 Å². The first-order chi connectivity index (χ1) is 9.74. The van der Waals surface area contributed by atoms with Gasteiger partial charge in [0.15, 0.2) is 0 Å². The van der Waals surface area contributed by atoms with Crippen molar-refractivity contribution in [1.29, 1.82) is 0 Å². The molecule has 106 valence electrons. The van der Waals surface area contributed by atoms with Crippen LogP contribution in [-0.2, 0) is 24.2 Å². The Labute approximate surface area is 116 Å². The number of H-pyrrole nitrogens is 1. The van der Waals surface area contributed by atoms with Crippen LogP contribution in [0.2, 0.25) is 0 Å². The molecule has 0 bridgehead atoms. The molecular weight excluding hydrogens is 256 g/mol. The maximum atomic E-state index is 12.1. The SMILES string of the molecule is NC(Cc1cnc[nH]1)C(=O)Nc1cnc2n1CCCC2. The van der Waals surface area contributed by atoms with Gasteiger partial charge in [0.25, 0.3) is 0 Å². The van der Waals surface area contributed by atoms with Gasteiger partial charge in [0.2, 0.25) is 5.91 Å². The summed E-state index contributed by atoms with van der Waals surface area (Å²) in [6.45, 7) is 0.904. The summed E-state index contributed by atoms with van der Waals surface area (Å²) in [5.41, 5.74) is 6.76. The third kappa shape index (κ3) is 2.57. The monoisotopic (exact) mass is 274 g/mol. The van der Waals surface area contributed by atoms with Crippen molar-refractivity contribution in [3.8, 4) is 0 Å². The Morgan fingerprint density at radius 1 is 1.50 bits per heavy atom. The number of nitrogens with zero attached hydrogens (tertiary/aromatic N) is 3. The molecule has 1 aliphatic rings. The Morgan fingerprint density at radius 2 is 2.40 bits per heavy atom. The third-order valence-corrected chi connectivity index (χ3v) is 3.55. The average Bonchev–Trinajstić information content (AvgIpc) is 3.09. The third-order valence-electron chi connectivity index (χ3n) is 3.55. The topological polar surface area (TPSA) is 102 Å². The fraction of sp³-hybridized carbons (Fsp3) is 0.462. The van der Waals surface area contributed by atoms with Gasteiger partial charge >= 0.3 is 0 Å². The zero-order valence-corrected chi connectivity index (χ0v) is 11.2. The molecule has 1 unspecified atom stereocenters. The lowest BCUT2D eigenvalue weighted by molar-refractivity contribution is -0.117. The number of nitrogens with one attached hydrogen (secondary N) is 2. The van der Waals surface area contributed by atoms with E-state index in [0.717, 1.165) is 43.1 Å². The summed E-state index contributed by atoms with van der Waals surface area (Å²) >= 11 is 0. The van der Waals surface area contributed by atoms with E-state index < -0.39 is 6.04 Å². The Balaban J connectivity index is 1.65. The Morgan fingerprint density at radius 3 is 3.20 bits per heavy atom. The molecule has 3 rings (SSSR count). The highest BCUT2D eigenvalue weighted by atomic mass is 16.2. The maximum absolute atomic E-state index is 12.1. The van der Waals surface area contributed by atoms with E-state index in [1.54, 1.807) is 18.7 Å². The lowest BCUT2D eigenvalue weighted by atomic mass is 10.1. The van der Waals surface area contributed by atoms with E-state index in [1.807, 2.05) is 0 Å². The highest BCUT2D eigenvalue weighted by Gasteiger charge is 2.19. The standard InChI is InChI=1S/C13H18N6O/c14-10(5-9-6-15-8-17-9)13(20)18-12-7-16-11-3-1-2-4-19(11)12/h6-8,10H,1-5,14H2,(H,15,17)(H,18,20). The number of imidazole rings is 2. The Bertz CT molecular complexity index is 588. The summed E-state index contributed by atoms with van der Waals surface area (Å²) < 4.78 is 2.06. The molecule has 0 fully saturated rings. The van der Waals surface area contributed by atoms with Crippen molar-refractivity contribution in [2.24, 2.45) is 5.73 Å². The molecule has 2 aromatic rings. The number of aromatic nitrogens is 4. The number of anilines is 1. The van der Waals surface area contributed by atoms with Crippen LogP contribution in [0.4, 0.5) is 5.82 Å². The van der Waals surface area contributed by atoms with Crippen LogP contribution in [0.1, 0.15) is 24.4 Å². The lowest BCUT2D eigenvalue weighted by Gasteiger charge is -2.17. The number of hydrogen-bond acceptors (Lipinski definition) is 4. The van der Waals surface area contributed by atoms with Gasteiger partial charge in [0, 0.05) is 31.3 Å². The minimum atomic E-state index is -0.606. The first kappa shape index (κ1) is 12.9. The van der Waals surface area contributed by atoms with Crippen molar-refractivity contribution in [2.45, 2.75) is 38.3 Å². The van der Waals surface area contributed by atoms with Crippen LogP contribution in [0.15, 0.2) is 18.7 Å². The zero-order chi connectivity index (χ0) is 13.9. The van der Waals surface area contributed by atoms with Crippen molar-refractivity contribution in [3.05, 3.63) is 30.2 Å². The van der Waals surface area contributed by atoms with E-state index >= 15 is 0 Å². The van der Waals surface area contributed by atoms with Gasteiger partial charge in [-0.3, -0.25) is 4.79 Å². The van der Waals surface area contributed by atoms with Crippen LogP contribution >= 0.6 is 0 Å². The molecule has 0 saturated carbocycles. The van der Waals surface area contributed by atoms with Gasteiger partial charge in [-0.25, -0.2) is 9.97 Å². The quantitative estimate of drug-likeness (QED) is 0.753. The van der Waals surface area contributed by atoms with Crippen molar-refractivity contribution in [2.75, 3.05) is 5.32 Å². The van der Waals surface area contributed by atoms with E-state index in [2.05, 4.69) is 24.8 Å². The van der Waals surface area contributed by atoms with E-state index in [1.165, 1.54) is 0 Å². The molecule has 0 aliphatic carbocycles. The summed E-state index contributed by atoms with van der Waals surface area (Å²) in [5, 5.41) is 2.86. The molecule has 0 aromatic carbocycles. The van der Waals surface area contributed by atoms with Crippen LogP contribution in [0.3, 0.4) is 0 Å². The number of aryl methyl sites for hydroxylation is 1. The maximum Gasteiger partial charge on any atom is 0.242 e. The van der Waals surface area contributed by atoms with Gasteiger partial charge in [-0.05, 0) is 12.8 Å². The number of nitrogens with two attached hydrogens (primary N) is 1. The fourth-order valence-electron chi connectivity index (χ4n) is 2.46. The van der Waals surface area contributed by atoms with Gasteiger partial charge in [-0.2, -0.15) is 0 Å². The minimum absolute atomic E-state index is 0.201. The van der Waals surface area contributed by atoms with Crippen LogP contribution in [0.5, 0.6) is 0 Å². The summed E-state index contributed by atoms with van der Waals surface area (Å²) in [4.78, 5) is 23.3. The number of hydrogen-bond donors (Lipinski definition) is 3. The van der Waals surface area contributed by atoms with Gasteiger partial charge in [0.05, 0.1) is 18.6 Å². The van der Waals surface area contributed by atoms with Crippen LogP contribution in [0.25, 0.3) is 0 Å². The first-order valence-electron chi connectivity index (χ1n) is 6.82. The molecule has 7 nitrogen and oxygen atoms in total. The number of fused-ring (bicyclic) bond motifs is 1. The number of amides is 1. The Kier molecular flexibility index (Phi) is 3.51. The average molecular weight is 274 g/mol. The summed E-state index contributed by atoms with van der Waals surface area (Å²) in [7, 11) is 0. The number of carbonyl (C=O) groups excluding carboxylic acids is 1. The molecule has 3 heterocycles. The highest BCUT2D eigenvalue weighted by Crippen LogP contribution is 2.19. The van der Waals surface area contributed by atoms with Gasteiger partial charge in [0.1, 0.15) is 11.6 Å². The second-order valence-corrected chi connectivity index (χ2v) is 5.05. The van der Waals surface area contributed by atoms with Gasteiger partial charge in [-0.1, -0.05) is 0 Å². The molecule has 1 amide bonds. The lowest BCUT2D eigenvalue weighted by Crippen LogP contribution is -2.38. The summed E-state index contributed by atoms with van der Waals surface area (Å²) in [6, 6.07) is -0.606.